The van der Waals surface area contributed by atoms with Crippen molar-refractivity contribution in [3.05, 3.63) is 72.6 Å². The number of nitrogens with one attached hydrogen (secondary N) is 1. The van der Waals surface area contributed by atoms with Gasteiger partial charge in [-0.2, -0.15) is 5.10 Å². The molecule has 0 aromatic carbocycles. The lowest BCUT2D eigenvalue weighted by Crippen LogP contribution is -2.11. The Balaban J connectivity index is 1.67. The number of rotatable bonds is 4. The highest BCUT2D eigenvalue weighted by Crippen LogP contribution is 2.09. The van der Waals surface area contributed by atoms with Crippen LogP contribution in [0.1, 0.15) is 16.1 Å². The van der Waals surface area contributed by atoms with Crippen LogP contribution in [0.2, 0.25) is 0 Å². The van der Waals surface area contributed by atoms with E-state index in [1.807, 2.05) is 18.2 Å². The van der Waals surface area contributed by atoms with Crippen LogP contribution in [0.15, 0.2) is 61.3 Å². The molecule has 6 nitrogen and oxygen atoms in total. The van der Waals surface area contributed by atoms with Crippen LogP contribution >= 0.6 is 0 Å². The molecule has 21 heavy (non-hydrogen) atoms. The topological polar surface area (TPSA) is 72.7 Å². The monoisotopic (exact) mass is 279 g/mol. The number of pyridine rings is 2. The Kier molecular flexibility index (Phi) is 3.68. The minimum Gasteiger partial charge on any atom is -0.319 e. The standard InChI is InChI=1S/C15H13N5O/c21-15(12-4-3-6-16-8-12)19-14-9-18-20(11-14)10-13-5-1-2-7-17-13/h1-9,11H,10H2,(H,19,21). The van der Waals surface area contributed by atoms with Gasteiger partial charge in [0, 0.05) is 24.8 Å². The van der Waals surface area contributed by atoms with Crippen LogP contribution in [0.25, 0.3) is 0 Å². The van der Waals surface area contributed by atoms with E-state index >= 15 is 0 Å². The zero-order valence-electron chi connectivity index (χ0n) is 11.2. The molecule has 0 bridgehead atoms. The summed E-state index contributed by atoms with van der Waals surface area (Å²) in [5, 5.41) is 6.99. The predicted molar refractivity (Wildman–Crippen MR) is 77.8 cm³/mol. The van der Waals surface area contributed by atoms with Gasteiger partial charge in [0.1, 0.15) is 0 Å². The largest absolute Gasteiger partial charge is 0.319 e. The van der Waals surface area contributed by atoms with E-state index in [1.54, 1.807) is 41.6 Å². The third kappa shape index (κ3) is 3.30. The first kappa shape index (κ1) is 13.0. The molecule has 104 valence electrons. The Bertz CT molecular complexity index is 724. The average Bonchev–Trinajstić information content (AvgIpc) is 2.96. The number of carbonyl (C=O) groups excluding carboxylic acids is 1. The van der Waals surface area contributed by atoms with Crippen LogP contribution in [0.4, 0.5) is 5.69 Å². The first-order valence-corrected chi connectivity index (χ1v) is 6.45. The molecule has 0 unspecified atom stereocenters. The normalized spacial score (nSPS) is 10.3. The van der Waals surface area contributed by atoms with E-state index in [1.165, 1.54) is 6.20 Å². The molecule has 0 saturated heterocycles. The van der Waals surface area contributed by atoms with Gasteiger partial charge in [-0.3, -0.25) is 19.4 Å². The molecular weight excluding hydrogens is 266 g/mol. The molecule has 0 fully saturated rings. The lowest BCUT2D eigenvalue weighted by Gasteiger charge is -2.02. The smallest absolute Gasteiger partial charge is 0.257 e. The van der Waals surface area contributed by atoms with Gasteiger partial charge in [-0.1, -0.05) is 6.07 Å². The Morgan fingerprint density at radius 2 is 2.10 bits per heavy atom. The van der Waals surface area contributed by atoms with Gasteiger partial charge in [-0.25, -0.2) is 0 Å². The first-order chi connectivity index (χ1) is 10.3. The summed E-state index contributed by atoms with van der Waals surface area (Å²) in [6.07, 6.45) is 8.26. The van der Waals surface area contributed by atoms with E-state index in [0.717, 1.165) is 5.69 Å². The van der Waals surface area contributed by atoms with Crippen molar-refractivity contribution in [2.45, 2.75) is 6.54 Å². The van der Waals surface area contributed by atoms with Crippen molar-refractivity contribution < 1.29 is 4.79 Å². The van der Waals surface area contributed by atoms with Crippen LogP contribution in [0, 0.1) is 0 Å². The van der Waals surface area contributed by atoms with E-state index in [0.29, 0.717) is 17.8 Å². The van der Waals surface area contributed by atoms with Crippen LogP contribution in [0.3, 0.4) is 0 Å². The van der Waals surface area contributed by atoms with Gasteiger partial charge in [-0.05, 0) is 24.3 Å². The number of hydrogen-bond acceptors (Lipinski definition) is 4. The zero-order valence-corrected chi connectivity index (χ0v) is 11.2. The molecule has 3 rings (SSSR count). The van der Waals surface area contributed by atoms with E-state index in [4.69, 9.17) is 0 Å². The minimum absolute atomic E-state index is 0.208. The quantitative estimate of drug-likeness (QED) is 0.792. The second kappa shape index (κ2) is 5.96. The maximum atomic E-state index is 12.0. The molecule has 0 spiro atoms. The highest BCUT2D eigenvalue weighted by molar-refractivity contribution is 6.03. The maximum absolute atomic E-state index is 12.0. The fraction of sp³-hybridized carbons (Fsp3) is 0.0667. The third-order valence-corrected chi connectivity index (χ3v) is 2.86. The molecule has 0 radical (unpaired) electrons. The molecule has 0 atom stereocenters. The van der Waals surface area contributed by atoms with Crippen molar-refractivity contribution in [2.24, 2.45) is 0 Å². The minimum atomic E-state index is -0.208. The van der Waals surface area contributed by atoms with Crippen molar-refractivity contribution in [3.63, 3.8) is 0 Å². The summed E-state index contributed by atoms with van der Waals surface area (Å²) in [4.78, 5) is 20.1. The maximum Gasteiger partial charge on any atom is 0.257 e. The highest BCUT2D eigenvalue weighted by atomic mass is 16.1. The molecule has 1 amide bonds. The highest BCUT2D eigenvalue weighted by Gasteiger charge is 2.07. The Hall–Kier alpha value is -3.02. The van der Waals surface area contributed by atoms with Gasteiger partial charge in [0.2, 0.25) is 0 Å². The molecule has 3 heterocycles. The van der Waals surface area contributed by atoms with E-state index in [9.17, 15) is 4.79 Å². The molecular formula is C15H13N5O. The summed E-state index contributed by atoms with van der Waals surface area (Å²) in [7, 11) is 0. The summed E-state index contributed by atoms with van der Waals surface area (Å²) in [6, 6.07) is 9.15. The van der Waals surface area contributed by atoms with Gasteiger partial charge >= 0.3 is 0 Å². The third-order valence-electron chi connectivity index (χ3n) is 2.86. The molecule has 0 aliphatic heterocycles. The van der Waals surface area contributed by atoms with Crippen LogP contribution in [-0.4, -0.2) is 25.7 Å². The second-order valence-electron chi connectivity index (χ2n) is 4.44. The molecule has 6 heteroatoms. The summed E-state index contributed by atoms with van der Waals surface area (Å²) >= 11 is 0. The lowest BCUT2D eigenvalue weighted by molar-refractivity contribution is 0.102. The zero-order chi connectivity index (χ0) is 14.5. The second-order valence-corrected chi connectivity index (χ2v) is 4.44. The fourth-order valence-corrected chi connectivity index (χ4v) is 1.87. The number of nitrogens with zero attached hydrogens (tertiary/aromatic N) is 4. The number of aromatic nitrogens is 4. The van der Waals surface area contributed by atoms with Crippen LogP contribution < -0.4 is 5.32 Å². The van der Waals surface area contributed by atoms with Gasteiger partial charge in [0.05, 0.1) is 29.7 Å². The number of hydrogen-bond donors (Lipinski definition) is 1. The van der Waals surface area contributed by atoms with Crippen LogP contribution in [0.5, 0.6) is 0 Å². The van der Waals surface area contributed by atoms with Gasteiger partial charge in [0.25, 0.3) is 5.91 Å². The Morgan fingerprint density at radius 1 is 1.14 bits per heavy atom. The summed E-state index contributed by atoms with van der Waals surface area (Å²) < 4.78 is 1.72. The van der Waals surface area contributed by atoms with Crippen LogP contribution in [-0.2, 0) is 6.54 Å². The summed E-state index contributed by atoms with van der Waals surface area (Å²) in [5.74, 6) is -0.208. The molecule has 0 saturated carbocycles. The predicted octanol–water partition coefficient (Wildman–Crippen LogP) is 1.97. The van der Waals surface area contributed by atoms with E-state index in [-0.39, 0.29) is 5.91 Å². The van der Waals surface area contributed by atoms with E-state index in [2.05, 4.69) is 20.4 Å². The van der Waals surface area contributed by atoms with Crippen molar-refractivity contribution >= 4 is 11.6 Å². The lowest BCUT2D eigenvalue weighted by atomic mass is 10.2. The van der Waals surface area contributed by atoms with Gasteiger partial charge < -0.3 is 5.32 Å². The SMILES string of the molecule is O=C(Nc1cnn(Cc2ccccn2)c1)c1cccnc1. The Morgan fingerprint density at radius 3 is 2.86 bits per heavy atom. The van der Waals surface area contributed by atoms with E-state index < -0.39 is 0 Å². The van der Waals surface area contributed by atoms with Crippen molar-refractivity contribution in [1.29, 1.82) is 0 Å². The number of amides is 1. The number of carbonyl (C=O) groups is 1. The molecule has 0 aliphatic carbocycles. The Labute approximate surface area is 121 Å². The average molecular weight is 279 g/mol. The van der Waals surface area contributed by atoms with Gasteiger partial charge in [-0.15, -0.1) is 0 Å². The molecule has 3 aromatic heterocycles. The van der Waals surface area contributed by atoms with Crippen molar-refractivity contribution in [2.75, 3.05) is 5.32 Å². The number of anilines is 1. The molecule has 0 aliphatic rings. The van der Waals surface area contributed by atoms with Crippen molar-refractivity contribution in [3.8, 4) is 0 Å². The molecule has 1 N–H and O–H groups in total. The van der Waals surface area contributed by atoms with Crippen molar-refractivity contribution in [1.82, 2.24) is 19.7 Å². The van der Waals surface area contributed by atoms with Gasteiger partial charge in [0.15, 0.2) is 0 Å². The summed E-state index contributed by atoms with van der Waals surface area (Å²) in [5.41, 5.74) is 2.06. The fourth-order valence-electron chi connectivity index (χ4n) is 1.87. The molecule has 3 aromatic rings. The first-order valence-electron chi connectivity index (χ1n) is 6.45. The summed E-state index contributed by atoms with van der Waals surface area (Å²) in [6.45, 7) is 0.559.